The summed E-state index contributed by atoms with van der Waals surface area (Å²) in [5, 5.41) is 14.0. The number of hydrogen-bond acceptors (Lipinski definition) is 5. The first-order chi connectivity index (χ1) is 18.1. The van der Waals surface area contributed by atoms with Gasteiger partial charge in [0.15, 0.2) is 0 Å². The van der Waals surface area contributed by atoms with Gasteiger partial charge in [-0.25, -0.2) is 14.8 Å². The number of carbonyl (C=O) groups excluding carboxylic acids is 1. The van der Waals surface area contributed by atoms with E-state index in [0.717, 1.165) is 36.2 Å². The smallest absolute Gasteiger partial charge is 0.416 e. The summed E-state index contributed by atoms with van der Waals surface area (Å²) in [5.41, 5.74) is 2.11. The minimum absolute atomic E-state index is 0.147. The quantitative estimate of drug-likeness (QED) is 0.383. The molecule has 3 N–H and O–H groups in total. The molecule has 200 valence electrons. The number of nitrogens with one attached hydrogen (secondary N) is 2. The molecule has 1 fully saturated rings. The van der Waals surface area contributed by atoms with Crippen LogP contribution in [0.5, 0.6) is 0 Å². The van der Waals surface area contributed by atoms with Crippen LogP contribution in [0, 0.1) is 0 Å². The Balaban J connectivity index is 1.50. The molecule has 0 aliphatic carbocycles. The molecule has 3 aromatic rings. The average molecular weight is 529 g/mol. The summed E-state index contributed by atoms with van der Waals surface area (Å²) in [4.78, 5) is 32.2. The summed E-state index contributed by atoms with van der Waals surface area (Å²) in [6.45, 7) is 2.95. The lowest BCUT2D eigenvalue weighted by Gasteiger charge is -2.21. The first-order valence-electron chi connectivity index (χ1n) is 12.1. The van der Waals surface area contributed by atoms with Crippen molar-refractivity contribution in [3.05, 3.63) is 82.9 Å². The number of ether oxygens (including phenoxy) is 1. The van der Waals surface area contributed by atoms with Gasteiger partial charge in [0, 0.05) is 31.4 Å². The van der Waals surface area contributed by atoms with Crippen molar-refractivity contribution in [1.29, 1.82) is 0 Å². The molecule has 0 radical (unpaired) electrons. The number of alkyl halides is 3. The number of nitrogens with zero attached hydrogens (tertiary/aromatic N) is 2. The third kappa shape index (κ3) is 6.65. The Morgan fingerprint density at radius 1 is 1.08 bits per heavy atom. The van der Waals surface area contributed by atoms with E-state index in [4.69, 9.17) is 9.84 Å². The molecule has 2 amide bonds. The molecule has 1 saturated heterocycles. The van der Waals surface area contributed by atoms with Crippen LogP contribution in [0.1, 0.15) is 64.6 Å². The Bertz CT molecular complexity index is 1290. The van der Waals surface area contributed by atoms with E-state index in [1.807, 2.05) is 0 Å². The van der Waals surface area contributed by atoms with Crippen molar-refractivity contribution in [2.45, 2.75) is 44.4 Å². The van der Waals surface area contributed by atoms with Gasteiger partial charge in [-0.2, -0.15) is 13.2 Å². The van der Waals surface area contributed by atoms with Crippen LogP contribution in [0.2, 0.25) is 0 Å². The second-order valence-corrected chi connectivity index (χ2v) is 9.06. The Kier molecular flexibility index (Phi) is 8.26. The van der Waals surface area contributed by atoms with Gasteiger partial charge in [0.2, 0.25) is 0 Å². The van der Waals surface area contributed by atoms with Gasteiger partial charge in [-0.15, -0.1) is 0 Å². The van der Waals surface area contributed by atoms with Gasteiger partial charge in [0.25, 0.3) is 5.91 Å². The molecule has 0 spiro atoms. The van der Waals surface area contributed by atoms with Crippen LogP contribution < -0.4 is 10.6 Å². The van der Waals surface area contributed by atoms with Gasteiger partial charge in [-0.3, -0.25) is 4.79 Å². The zero-order valence-electron chi connectivity index (χ0n) is 20.6. The van der Waals surface area contributed by atoms with Crippen molar-refractivity contribution in [3.8, 4) is 11.1 Å². The maximum Gasteiger partial charge on any atom is 0.416 e. The molecule has 11 heteroatoms. The van der Waals surface area contributed by atoms with Gasteiger partial charge in [-0.05, 0) is 60.2 Å². The molecule has 0 saturated carbocycles. The molecular weight excluding hydrogens is 501 g/mol. The molecule has 1 atom stereocenters. The van der Waals surface area contributed by atoms with Crippen LogP contribution in [-0.4, -0.2) is 40.3 Å². The zero-order chi connectivity index (χ0) is 27.3. The Morgan fingerprint density at radius 2 is 1.79 bits per heavy atom. The predicted molar refractivity (Wildman–Crippen MR) is 132 cm³/mol. The van der Waals surface area contributed by atoms with E-state index in [0.29, 0.717) is 24.3 Å². The van der Waals surface area contributed by atoms with E-state index in [1.54, 1.807) is 37.3 Å². The molecule has 0 unspecified atom stereocenters. The fraction of sp³-hybridized carbons (Fsp3) is 0.333. The molecule has 4 rings (SSSR count). The molecule has 1 aliphatic rings. The zero-order valence-corrected chi connectivity index (χ0v) is 20.6. The van der Waals surface area contributed by atoms with Crippen LogP contribution in [0.15, 0.2) is 54.9 Å². The van der Waals surface area contributed by atoms with E-state index < -0.39 is 23.9 Å². The lowest BCUT2D eigenvalue weighted by Crippen LogP contribution is -2.28. The summed E-state index contributed by atoms with van der Waals surface area (Å²) in [6.07, 6.45) is -2.77. The number of benzene rings is 2. The molecule has 38 heavy (non-hydrogen) atoms. The Labute approximate surface area is 217 Å². The highest BCUT2D eigenvalue weighted by Gasteiger charge is 2.31. The largest absolute Gasteiger partial charge is 0.465 e. The van der Waals surface area contributed by atoms with E-state index in [1.165, 1.54) is 12.4 Å². The van der Waals surface area contributed by atoms with Crippen LogP contribution >= 0.6 is 0 Å². The third-order valence-electron chi connectivity index (χ3n) is 6.50. The molecule has 1 aliphatic heterocycles. The van der Waals surface area contributed by atoms with Crippen molar-refractivity contribution in [3.63, 3.8) is 0 Å². The van der Waals surface area contributed by atoms with Crippen molar-refractivity contribution in [2.24, 2.45) is 0 Å². The molecule has 2 heterocycles. The maximum atomic E-state index is 13.3. The van der Waals surface area contributed by atoms with Crippen LogP contribution in [0.3, 0.4) is 0 Å². The highest BCUT2D eigenvalue weighted by molar-refractivity contribution is 5.92. The first kappa shape index (κ1) is 27.1. The van der Waals surface area contributed by atoms with Crippen LogP contribution in [0.4, 0.5) is 18.0 Å². The number of aromatic nitrogens is 2. The van der Waals surface area contributed by atoms with E-state index in [-0.39, 0.29) is 29.6 Å². The van der Waals surface area contributed by atoms with Crippen molar-refractivity contribution >= 4 is 12.0 Å². The summed E-state index contributed by atoms with van der Waals surface area (Å²) in [6, 6.07) is 11.2. The minimum Gasteiger partial charge on any atom is -0.465 e. The molecule has 1 aromatic heterocycles. The second kappa shape index (κ2) is 11.6. The highest BCUT2D eigenvalue weighted by atomic mass is 19.4. The minimum atomic E-state index is -4.54. The molecule has 0 bridgehead atoms. The topological polar surface area (TPSA) is 113 Å². The fourth-order valence-electron chi connectivity index (χ4n) is 4.36. The number of carboxylic acid groups (broad SMARTS) is 1. The number of carbonyl (C=O) groups is 2. The van der Waals surface area contributed by atoms with E-state index >= 15 is 0 Å². The maximum absolute atomic E-state index is 13.3. The van der Waals surface area contributed by atoms with Crippen molar-refractivity contribution in [2.75, 3.05) is 13.2 Å². The first-order valence-corrected chi connectivity index (χ1v) is 12.1. The van der Waals surface area contributed by atoms with Gasteiger partial charge in [0.05, 0.1) is 11.6 Å². The Hall–Kier alpha value is -3.99. The normalized spacial score (nSPS) is 15.1. The predicted octanol–water partition coefficient (Wildman–Crippen LogP) is 5.32. The molecule has 2 aromatic carbocycles. The van der Waals surface area contributed by atoms with Gasteiger partial charge >= 0.3 is 12.3 Å². The van der Waals surface area contributed by atoms with Crippen LogP contribution in [0.25, 0.3) is 11.1 Å². The lowest BCUT2D eigenvalue weighted by molar-refractivity contribution is -0.137. The number of amides is 2. The number of rotatable bonds is 7. The van der Waals surface area contributed by atoms with Crippen molar-refractivity contribution < 1.29 is 32.6 Å². The summed E-state index contributed by atoms with van der Waals surface area (Å²) < 4.78 is 45.4. The number of halogens is 3. The summed E-state index contributed by atoms with van der Waals surface area (Å²) >= 11 is 0. The Morgan fingerprint density at radius 3 is 2.45 bits per heavy atom. The molecular formula is C27H27F3N4O4. The van der Waals surface area contributed by atoms with Gasteiger partial charge in [-0.1, -0.05) is 30.3 Å². The van der Waals surface area contributed by atoms with E-state index in [2.05, 4.69) is 20.6 Å². The third-order valence-corrected chi connectivity index (χ3v) is 6.50. The summed E-state index contributed by atoms with van der Waals surface area (Å²) in [7, 11) is 0. The SMILES string of the molecule is C[C@@H](NC(=O)c1cc(C2CCOCC2)ncn1)c1ccc(-c2cc(C(F)(F)F)ccc2CNC(=O)O)cc1. The van der Waals surface area contributed by atoms with Crippen LogP contribution in [-0.2, 0) is 17.5 Å². The summed E-state index contributed by atoms with van der Waals surface area (Å²) in [5.74, 6) is -0.146. The highest BCUT2D eigenvalue weighted by Crippen LogP contribution is 2.34. The monoisotopic (exact) mass is 528 g/mol. The van der Waals surface area contributed by atoms with Gasteiger partial charge in [0.1, 0.15) is 12.0 Å². The standard InChI is InChI=1S/C27H27F3N4O4/c1-16(34-25(35)24-13-23(32-15-33-24)19-8-10-38-11-9-19)17-2-4-18(5-3-17)22-12-21(27(28,29)30)7-6-20(22)14-31-26(36)37/h2-7,12-13,15-16,19,31H,8-11,14H2,1H3,(H,34,35)(H,36,37)/t16-/m1/s1. The van der Waals surface area contributed by atoms with E-state index in [9.17, 15) is 22.8 Å². The fourth-order valence-corrected chi connectivity index (χ4v) is 4.36. The lowest BCUT2D eigenvalue weighted by atomic mass is 9.95. The van der Waals surface area contributed by atoms with Gasteiger partial charge < -0.3 is 20.5 Å². The molecule has 8 nitrogen and oxygen atoms in total. The second-order valence-electron chi connectivity index (χ2n) is 9.06. The number of hydrogen-bond donors (Lipinski definition) is 3. The average Bonchev–Trinajstić information content (AvgIpc) is 2.92. The van der Waals surface area contributed by atoms with Crippen molar-refractivity contribution in [1.82, 2.24) is 20.6 Å².